The molecule has 3 nitrogen and oxygen atoms in total. The molecule has 1 N–H and O–H groups in total. The maximum atomic E-state index is 8.78. The summed E-state index contributed by atoms with van der Waals surface area (Å²) in [5.74, 6) is 1.00. The van der Waals surface area contributed by atoms with Crippen molar-refractivity contribution in [2.75, 3.05) is 0 Å². The molecule has 0 spiro atoms. The number of hydrogen-bond donors (Lipinski definition) is 1. The number of aliphatic hydroxyl groups excluding tert-OH is 1. The van der Waals surface area contributed by atoms with Crippen LogP contribution in [0.4, 0.5) is 0 Å². The lowest BCUT2D eigenvalue weighted by atomic mass is 10.2. The van der Waals surface area contributed by atoms with E-state index >= 15 is 0 Å². The molecule has 1 aromatic heterocycles. The van der Waals surface area contributed by atoms with Gasteiger partial charge in [0, 0.05) is 10.0 Å². The van der Waals surface area contributed by atoms with Gasteiger partial charge in [0.25, 0.3) is 0 Å². The Morgan fingerprint density at radius 1 is 1.29 bits per heavy atom. The molecule has 72 valence electrons. The van der Waals surface area contributed by atoms with Crippen molar-refractivity contribution in [2.45, 2.75) is 6.61 Å². The third-order valence-electron chi connectivity index (χ3n) is 1.82. The summed E-state index contributed by atoms with van der Waals surface area (Å²) in [4.78, 5) is 3.91. The monoisotopic (exact) mass is 253 g/mol. The Morgan fingerprint density at radius 2 is 2.00 bits per heavy atom. The molecular weight excluding hydrogens is 246 g/mol. The van der Waals surface area contributed by atoms with Gasteiger partial charge >= 0.3 is 0 Å². The Bertz CT molecular complexity index is 422. The minimum atomic E-state index is -0.170. The van der Waals surface area contributed by atoms with E-state index in [-0.39, 0.29) is 6.61 Å². The summed E-state index contributed by atoms with van der Waals surface area (Å²) in [5, 5.41) is 8.78. The number of benzene rings is 1. The molecule has 0 aliphatic heterocycles. The molecule has 0 fully saturated rings. The fraction of sp³-hybridized carbons (Fsp3) is 0.100. The molecule has 1 heterocycles. The van der Waals surface area contributed by atoms with Gasteiger partial charge in [-0.3, -0.25) is 0 Å². The van der Waals surface area contributed by atoms with Crippen molar-refractivity contribution in [1.82, 2.24) is 4.98 Å². The van der Waals surface area contributed by atoms with E-state index in [2.05, 4.69) is 20.9 Å². The van der Waals surface area contributed by atoms with Gasteiger partial charge in [-0.05, 0) is 12.1 Å². The fourth-order valence-corrected chi connectivity index (χ4v) is 1.40. The number of oxazole rings is 1. The maximum Gasteiger partial charge on any atom is 0.220 e. The third kappa shape index (κ3) is 1.86. The molecule has 0 bridgehead atoms. The first-order valence-corrected chi connectivity index (χ1v) is 4.90. The quantitative estimate of drug-likeness (QED) is 0.895. The van der Waals surface area contributed by atoms with Crippen LogP contribution in [0.5, 0.6) is 0 Å². The lowest BCUT2D eigenvalue weighted by Crippen LogP contribution is -1.78. The van der Waals surface area contributed by atoms with Crippen molar-refractivity contribution in [2.24, 2.45) is 0 Å². The lowest BCUT2D eigenvalue weighted by molar-refractivity contribution is 0.241. The Balaban J connectivity index is 2.34. The molecule has 0 saturated carbocycles. The average molecular weight is 254 g/mol. The van der Waals surface area contributed by atoms with Gasteiger partial charge in [-0.1, -0.05) is 28.1 Å². The van der Waals surface area contributed by atoms with E-state index in [0.29, 0.717) is 11.7 Å². The molecular formula is C10H8BrNO2. The standard InChI is InChI=1S/C10H8BrNO2/c11-8-3-1-7(2-4-8)9-5-12-10(6-13)14-9/h1-5,13H,6H2. The van der Waals surface area contributed by atoms with Gasteiger partial charge in [-0.15, -0.1) is 0 Å². The summed E-state index contributed by atoms with van der Waals surface area (Å²) in [6.07, 6.45) is 1.61. The van der Waals surface area contributed by atoms with Crippen LogP contribution < -0.4 is 0 Å². The summed E-state index contributed by atoms with van der Waals surface area (Å²) >= 11 is 3.35. The van der Waals surface area contributed by atoms with Crippen molar-refractivity contribution >= 4 is 15.9 Å². The molecule has 2 aromatic rings. The molecule has 0 aliphatic rings. The van der Waals surface area contributed by atoms with Crippen molar-refractivity contribution < 1.29 is 9.52 Å². The number of nitrogens with zero attached hydrogens (tertiary/aromatic N) is 1. The smallest absolute Gasteiger partial charge is 0.220 e. The third-order valence-corrected chi connectivity index (χ3v) is 2.35. The molecule has 0 saturated heterocycles. The Kier molecular flexibility index (Phi) is 2.65. The minimum absolute atomic E-state index is 0.170. The number of halogens is 1. The maximum absolute atomic E-state index is 8.78. The van der Waals surface area contributed by atoms with E-state index in [4.69, 9.17) is 9.52 Å². The van der Waals surface area contributed by atoms with Crippen molar-refractivity contribution in [3.63, 3.8) is 0 Å². The minimum Gasteiger partial charge on any atom is -0.438 e. The SMILES string of the molecule is OCc1ncc(-c2ccc(Br)cc2)o1. The molecule has 0 aliphatic carbocycles. The van der Waals surface area contributed by atoms with Crippen LogP contribution in [0.3, 0.4) is 0 Å². The van der Waals surface area contributed by atoms with Gasteiger partial charge in [0.15, 0.2) is 5.76 Å². The van der Waals surface area contributed by atoms with Crippen LogP contribution in [0.1, 0.15) is 5.89 Å². The van der Waals surface area contributed by atoms with Crippen LogP contribution in [0.25, 0.3) is 11.3 Å². The van der Waals surface area contributed by atoms with Crippen LogP contribution >= 0.6 is 15.9 Å². The lowest BCUT2D eigenvalue weighted by Gasteiger charge is -1.95. The highest BCUT2D eigenvalue weighted by atomic mass is 79.9. The second-order valence-electron chi connectivity index (χ2n) is 2.78. The topological polar surface area (TPSA) is 46.3 Å². The first kappa shape index (κ1) is 9.43. The van der Waals surface area contributed by atoms with Crippen LogP contribution in [0.15, 0.2) is 39.4 Å². The van der Waals surface area contributed by atoms with Crippen molar-refractivity contribution in [3.8, 4) is 11.3 Å². The van der Waals surface area contributed by atoms with Crippen LogP contribution in [-0.2, 0) is 6.61 Å². The van der Waals surface area contributed by atoms with Crippen LogP contribution in [0.2, 0.25) is 0 Å². The zero-order valence-electron chi connectivity index (χ0n) is 7.27. The van der Waals surface area contributed by atoms with Crippen LogP contribution in [-0.4, -0.2) is 10.1 Å². The second-order valence-corrected chi connectivity index (χ2v) is 3.70. The van der Waals surface area contributed by atoms with Gasteiger partial charge in [0.1, 0.15) is 6.61 Å². The number of aromatic nitrogens is 1. The Morgan fingerprint density at radius 3 is 2.57 bits per heavy atom. The first-order valence-electron chi connectivity index (χ1n) is 4.11. The average Bonchev–Trinajstić information content (AvgIpc) is 2.67. The van der Waals surface area contributed by atoms with Gasteiger partial charge in [-0.25, -0.2) is 4.98 Å². The molecule has 0 unspecified atom stereocenters. The van der Waals surface area contributed by atoms with Gasteiger partial charge < -0.3 is 9.52 Å². The highest BCUT2D eigenvalue weighted by molar-refractivity contribution is 9.10. The summed E-state index contributed by atoms with van der Waals surface area (Å²) in [5.41, 5.74) is 0.945. The number of aliphatic hydroxyl groups is 1. The Labute approximate surface area is 89.5 Å². The first-order chi connectivity index (χ1) is 6.79. The van der Waals surface area contributed by atoms with Gasteiger partial charge in [-0.2, -0.15) is 0 Å². The Hall–Kier alpha value is -1.13. The summed E-state index contributed by atoms with van der Waals surface area (Å²) in [6.45, 7) is -0.170. The molecule has 2 rings (SSSR count). The zero-order valence-corrected chi connectivity index (χ0v) is 8.86. The molecule has 4 heteroatoms. The van der Waals surface area contributed by atoms with Gasteiger partial charge in [0.05, 0.1) is 6.20 Å². The van der Waals surface area contributed by atoms with E-state index < -0.39 is 0 Å². The molecule has 0 atom stereocenters. The predicted molar refractivity (Wildman–Crippen MR) is 55.6 cm³/mol. The predicted octanol–water partition coefficient (Wildman–Crippen LogP) is 2.60. The van der Waals surface area contributed by atoms with E-state index in [9.17, 15) is 0 Å². The summed E-state index contributed by atoms with van der Waals surface area (Å²) in [7, 11) is 0. The summed E-state index contributed by atoms with van der Waals surface area (Å²) in [6, 6.07) is 7.70. The zero-order chi connectivity index (χ0) is 9.97. The van der Waals surface area contributed by atoms with E-state index in [0.717, 1.165) is 10.0 Å². The normalized spacial score (nSPS) is 10.4. The van der Waals surface area contributed by atoms with Crippen molar-refractivity contribution in [3.05, 3.63) is 40.8 Å². The molecule has 0 radical (unpaired) electrons. The molecule has 14 heavy (non-hydrogen) atoms. The summed E-state index contributed by atoms with van der Waals surface area (Å²) < 4.78 is 6.30. The fourth-order valence-electron chi connectivity index (χ4n) is 1.13. The van der Waals surface area contributed by atoms with E-state index in [1.165, 1.54) is 0 Å². The molecule has 1 aromatic carbocycles. The highest BCUT2D eigenvalue weighted by Gasteiger charge is 2.04. The highest BCUT2D eigenvalue weighted by Crippen LogP contribution is 2.22. The van der Waals surface area contributed by atoms with Crippen LogP contribution in [0, 0.1) is 0 Å². The van der Waals surface area contributed by atoms with Gasteiger partial charge in [0.2, 0.25) is 5.89 Å². The second kappa shape index (κ2) is 3.94. The number of hydrogen-bond acceptors (Lipinski definition) is 3. The van der Waals surface area contributed by atoms with E-state index in [1.807, 2.05) is 24.3 Å². The number of rotatable bonds is 2. The van der Waals surface area contributed by atoms with E-state index in [1.54, 1.807) is 6.20 Å². The largest absolute Gasteiger partial charge is 0.438 e. The molecule has 0 amide bonds. The van der Waals surface area contributed by atoms with Crippen molar-refractivity contribution in [1.29, 1.82) is 0 Å².